The highest BCUT2D eigenvalue weighted by molar-refractivity contribution is 7.99. The lowest BCUT2D eigenvalue weighted by molar-refractivity contribution is -0.139. The number of nitrogens with zero attached hydrogens (tertiary/aromatic N) is 3. The van der Waals surface area contributed by atoms with Crippen molar-refractivity contribution in [1.82, 2.24) is 14.5 Å². The van der Waals surface area contributed by atoms with Crippen molar-refractivity contribution < 1.29 is 19.1 Å². The molecule has 1 aliphatic rings. The number of carbonyl (C=O) groups is 3. The van der Waals surface area contributed by atoms with Crippen LogP contribution in [0.4, 0.5) is 4.79 Å². The molecular formula is C21H28N4O4S. The number of amides is 2. The van der Waals surface area contributed by atoms with Crippen LogP contribution >= 0.6 is 11.8 Å². The Balaban J connectivity index is 1.90. The Hall–Kier alpha value is -2.55. The summed E-state index contributed by atoms with van der Waals surface area (Å²) in [7, 11) is 0. The van der Waals surface area contributed by atoms with Crippen LogP contribution in [0.2, 0.25) is 0 Å². The van der Waals surface area contributed by atoms with Crippen LogP contribution in [-0.4, -0.2) is 56.8 Å². The molecule has 3 rings (SSSR count). The number of ether oxygens (including phenoxy) is 1. The van der Waals surface area contributed by atoms with Crippen molar-refractivity contribution in [2.24, 2.45) is 5.73 Å². The SMILES string of the molecule is CCN(CC)C(=O)CSc1nc2ccccc2n1C(=O)OC1(C(N)=O)CCCCC1. The predicted octanol–water partition coefficient (Wildman–Crippen LogP) is 3.17. The van der Waals surface area contributed by atoms with Gasteiger partial charge in [-0.05, 0) is 51.7 Å². The molecule has 2 amide bonds. The van der Waals surface area contributed by atoms with E-state index >= 15 is 0 Å². The van der Waals surface area contributed by atoms with E-state index in [9.17, 15) is 14.4 Å². The number of hydrogen-bond donors (Lipinski definition) is 1. The fourth-order valence-electron chi connectivity index (χ4n) is 3.81. The minimum atomic E-state index is -1.29. The summed E-state index contributed by atoms with van der Waals surface area (Å²) in [5, 5.41) is 0.358. The van der Waals surface area contributed by atoms with Crippen LogP contribution in [0.3, 0.4) is 0 Å². The van der Waals surface area contributed by atoms with Gasteiger partial charge in [-0.1, -0.05) is 30.3 Å². The Morgan fingerprint density at radius 1 is 1.17 bits per heavy atom. The second-order valence-electron chi connectivity index (χ2n) is 7.36. The van der Waals surface area contributed by atoms with Crippen molar-refractivity contribution in [3.63, 3.8) is 0 Å². The smallest absolute Gasteiger partial charge is 0.421 e. The number of primary amides is 1. The quantitative estimate of drug-likeness (QED) is 0.674. The molecule has 2 N–H and O–H groups in total. The fourth-order valence-corrected chi connectivity index (χ4v) is 4.71. The Bertz CT molecular complexity index is 932. The standard InChI is InChI=1S/C21H28N4O4S/c1-3-24(4-2)17(26)14-30-19-23-15-10-6-7-11-16(15)25(19)20(28)29-21(18(22)27)12-8-5-9-13-21/h6-7,10-11H,3-5,8-9,12-14H2,1-2H3,(H2,22,27). The Morgan fingerprint density at radius 2 is 1.83 bits per heavy atom. The zero-order valence-electron chi connectivity index (χ0n) is 17.4. The maximum absolute atomic E-state index is 13.2. The van der Waals surface area contributed by atoms with Crippen molar-refractivity contribution in [3.05, 3.63) is 24.3 Å². The number of rotatable bonds is 7. The summed E-state index contributed by atoms with van der Waals surface area (Å²) < 4.78 is 7.07. The number of fused-ring (bicyclic) bond motifs is 1. The van der Waals surface area contributed by atoms with Gasteiger partial charge in [0.05, 0.1) is 16.8 Å². The molecule has 9 heteroatoms. The highest BCUT2D eigenvalue weighted by Gasteiger charge is 2.42. The van der Waals surface area contributed by atoms with Gasteiger partial charge >= 0.3 is 6.09 Å². The Kier molecular flexibility index (Phi) is 7.02. The zero-order chi connectivity index (χ0) is 21.7. The van der Waals surface area contributed by atoms with Gasteiger partial charge in [0.1, 0.15) is 0 Å². The molecule has 1 fully saturated rings. The molecule has 1 saturated carbocycles. The summed E-state index contributed by atoms with van der Waals surface area (Å²) in [5.74, 6) is -0.497. The van der Waals surface area contributed by atoms with Crippen molar-refractivity contribution in [3.8, 4) is 0 Å². The average Bonchev–Trinajstić information content (AvgIpc) is 3.12. The summed E-state index contributed by atoms with van der Waals surface area (Å²) in [6.45, 7) is 5.09. The first-order valence-corrected chi connectivity index (χ1v) is 11.3. The van der Waals surface area contributed by atoms with Crippen LogP contribution < -0.4 is 5.73 Å². The van der Waals surface area contributed by atoms with E-state index in [1.165, 1.54) is 16.3 Å². The van der Waals surface area contributed by atoms with E-state index in [2.05, 4.69) is 4.98 Å². The van der Waals surface area contributed by atoms with Gasteiger partial charge in [0.2, 0.25) is 5.91 Å². The second-order valence-corrected chi connectivity index (χ2v) is 8.30. The highest BCUT2D eigenvalue weighted by Crippen LogP contribution is 2.33. The molecule has 1 heterocycles. The molecule has 0 spiro atoms. The van der Waals surface area contributed by atoms with Crippen molar-refractivity contribution in [2.45, 2.75) is 56.7 Å². The maximum Gasteiger partial charge on any atom is 0.421 e. The Morgan fingerprint density at radius 3 is 2.47 bits per heavy atom. The number of imidazole rings is 1. The molecule has 2 aromatic rings. The number of hydrogen-bond acceptors (Lipinski definition) is 6. The molecular weight excluding hydrogens is 404 g/mol. The van der Waals surface area contributed by atoms with Gasteiger partial charge < -0.3 is 15.4 Å². The molecule has 8 nitrogen and oxygen atoms in total. The minimum absolute atomic E-state index is 0.0298. The normalized spacial score (nSPS) is 15.7. The molecule has 0 unspecified atom stereocenters. The lowest BCUT2D eigenvalue weighted by atomic mass is 9.84. The molecule has 0 aliphatic heterocycles. The van der Waals surface area contributed by atoms with Crippen LogP contribution in [0.25, 0.3) is 11.0 Å². The van der Waals surface area contributed by atoms with E-state index in [1.54, 1.807) is 23.1 Å². The molecule has 162 valence electrons. The largest absolute Gasteiger partial charge is 0.432 e. The number of thioether (sulfide) groups is 1. The summed E-state index contributed by atoms with van der Waals surface area (Å²) in [4.78, 5) is 44.0. The fraction of sp³-hybridized carbons (Fsp3) is 0.524. The number of nitrogens with two attached hydrogens (primary N) is 1. The monoisotopic (exact) mass is 432 g/mol. The van der Waals surface area contributed by atoms with E-state index in [1.807, 2.05) is 19.9 Å². The molecule has 1 aliphatic carbocycles. The number of carbonyl (C=O) groups excluding carboxylic acids is 3. The first-order valence-electron chi connectivity index (χ1n) is 10.3. The summed E-state index contributed by atoms with van der Waals surface area (Å²) >= 11 is 1.18. The van der Waals surface area contributed by atoms with Crippen molar-refractivity contribution >= 4 is 40.7 Å². The van der Waals surface area contributed by atoms with Gasteiger partial charge in [-0.3, -0.25) is 9.59 Å². The van der Waals surface area contributed by atoms with E-state index < -0.39 is 17.6 Å². The van der Waals surface area contributed by atoms with E-state index in [0.717, 1.165) is 19.3 Å². The molecule has 0 bridgehead atoms. The summed E-state index contributed by atoms with van der Waals surface area (Å²) in [6, 6.07) is 7.18. The highest BCUT2D eigenvalue weighted by atomic mass is 32.2. The third-order valence-corrected chi connectivity index (χ3v) is 6.47. The van der Waals surface area contributed by atoms with Crippen molar-refractivity contribution in [2.75, 3.05) is 18.8 Å². The topological polar surface area (TPSA) is 108 Å². The molecule has 30 heavy (non-hydrogen) atoms. The summed E-state index contributed by atoms with van der Waals surface area (Å²) in [5.41, 5.74) is 5.51. The van der Waals surface area contributed by atoms with E-state index in [0.29, 0.717) is 42.1 Å². The van der Waals surface area contributed by atoms with Crippen LogP contribution in [-0.2, 0) is 14.3 Å². The van der Waals surface area contributed by atoms with Gasteiger partial charge in [0, 0.05) is 13.1 Å². The zero-order valence-corrected chi connectivity index (χ0v) is 18.2. The van der Waals surface area contributed by atoms with Gasteiger partial charge in [-0.15, -0.1) is 0 Å². The minimum Gasteiger partial charge on any atom is -0.432 e. The molecule has 0 radical (unpaired) electrons. The number of para-hydroxylation sites is 2. The first-order chi connectivity index (χ1) is 14.4. The van der Waals surface area contributed by atoms with Crippen LogP contribution in [0, 0.1) is 0 Å². The second kappa shape index (κ2) is 9.51. The predicted molar refractivity (Wildman–Crippen MR) is 115 cm³/mol. The number of benzene rings is 1. The lowest BCUT2D eigenvalue weighted by Gasteiger charge is -2.33. The van der Waals surface area contributed by atoms with Crippen LogP contribution in [0.5, 0.6) is 0 Å². The Labute approximate surface area is 180 Å². The summed E-state index contributed by atoms with van der Waals surface area (Å²) in [6.07, 6.45) is 2.69. The molecule has 0 saturated heterocycles. The van der Waals surface area contributed by atoms with E-state index in [4.69, 9.17) is 10.5 Å². The molecule has 1 aromatic heterocycles. The van der Waals surface area contributed by atoms with Crippen molar-refractivity contribution in [1.29, 1.82) is 0 Å². The van der Waals surface area contributed by atoms with Gasteiger partial charge in [0.25, 0.3) is 5.91 Å². The lowest BCUT2D eigenvalue weighted by Crippen LogP contribution is -2.49. The number of aromatic nitrogens is 2. The van der Waals surface area contributed by atoms with Gasteiger partial charge in [-0.25, -0.2) is 14.3 Å². The van der Waals surface area contributed by atoms with Crippen LogP contribution in [0.1, 0.15) is 46.0 Å². The molecule has 1 aromatic carbocycles. The third-order valence-electron chi connectivity index (χ3n) is 5.55. The first kappa shape index (κ1) is 22.1. The molecule has 0 atom stereocenters. The van der Waals surface area contributed by atoms with Crippen LogP contribution in [0.15, 0.2) is 29.4 Å². The van der Waals surface area contributed by atoms with Gasteiger partial charge in [-0.2, -0.15) is 0 Å². The van der Waals surface area contributed by atoms with Gasteiger partial charge in [0.15, 0.2) is 10.8 Å². The van der Waals surface area contributed by atoms with E-state index in [-0.39, 0.29) is 11.7 Å². The third kappa shape index (κ3) is 4.45. The average molecular weight is 433 g/mol. The maximum atomic E-state index is 13.2.